The standard InChI is InChI=1S/C13H26O5S/c1-7-12(4,5)8-13(6,10(2)3)11(14)18-9-19(15,16)17/h10H,7-9H2,1-6H3,(H,15,16,17). The Balaban J connectivity index is 5.04. The molecule has 0 rings (SSSR count). The van der Waals surface area contributed by atoms with Crippen molar-refractivity contribution in [2.45, 2.75) is 54.4 Å². The third kappa shape index (κ3) is 5.91. The van der Waals surface area contributed by atoms with Crippen LogP contribution in [0.2, 0.25) is 0 Å². The molecule has 1 N–H and O–H groups in total. The van der Waals surface area contributed by atoms with Crippen LogP contribution in [0.15, 0.2) is 0 Å². The Kier molecular flexibility index (Phi) is 6.02. The van der Waals surface area contributed by atoms with Crippen LogP contribution in [0.5, 0.6) is 0 Å². The van der Waals surface area contributed by atoms with Gasteiger partial charge in [0.25, 0.3) is 0 Å². The summed E-state index contributed by atoms with van der Waals surface area (Å²) in [7, 11) is -4.30. The lowest BCUT2D eigenvalue weighted by atomic mass is 9.67. The van der Waals surface area contributed by atoms with Gasteiger partial charge in [0, 0.05) is 0 Å². The highest BCUT2D eigenvalue weighted by molar-refractivity contribution is 7.85. The van der Waals surface area contributed by atoms with Gasteiger partial charge >= 0.3 is 16.1 Å². The minimum absolute atomic E-state index is 0.00669. The van der Waals surface area contributed by atoms with E-state index in [-0.39, 0.29) is 11.3 Å². The van der Waals surface area contributed by atoms with Gasteiger partial charge in [-0.15, -0.1) is 0 Å². The molecule has 0 aromatic heterocycles. The zero-order valence-corrected chi connectivity index (χ0v) is 13.5. The van der Waals surface area contributed by atoms with Crippen LogP contribution in [0, 0.1) is 16.7 Å². The van der Waals surface area contributed by atoms with Gasteiger partial charge in [0.2, 0.25) is 5.94 Å². The first-order valence-corrected chi connectivity index (χ1v) is 8.07. The highest BCUT2D eigenvalue weighted by Gasteiger charge is 2.42. The van der Waals surface area contributed by atoms with E-state index in [0.29, 0.717) is 6.42 Å². The second kappa shape index (κ2) is 6.22. The Bertz CT molecular complexity index is 411. The minimum atomic E-state index is -4.30. The van der Waals surface area contributed by atoms with Crippen LogP contribution in [-0.4, -0.2) is 24.9 Å². The van der Waals surface area contributed by atoms with Crippen molar-refractivity contribution >= 4 is 16.1 Å². The third-order valence-corrected chi connectivity index (χ3v) is 4.30. The quantitative estimate of drug-likeness (QED) is 0.577. The van der Waals surface area contributed by atoms with Crippen molar-refractivity contribution in [1.29, 1.82) is 0 Å². The molecule has 0 aromatic carbocycles. The van der Waals surface area contributed by atoms with Crippen LogP contribution in [0.3, 0.4) is 0 Å². The molecule has 0 bridgehead atoms. The summed E-state index contributed by atoms with van der Waals surface area (Å²) < 4.78 is 34.7. The maximum absolute atomic E-state index is 12.1. The highest BCUT2D eigenvalue weighted by atomic mass is 32.2. The summed E-state index contributed by atoms with van der Waals surface area (Å²) in [5.74, 6) is -1.56. The second-order valence-corrected chi connectivity index (χ2v) is 7.80. The monoisotopic (exact) mass is 294 g/mol. The van der Waals surface area contributed by atoms with E-state index in [4.69, 9.17) is 9.29 Å². The number of ether oxygens (including phenoxy) is 1. The normalized spacial score (nSPS) is 16.2. The summed E-state index contributed by atoms with van der Waals surface area (Å²) in [6.45, 7) is 11.7. The summed E-state index contributed by atoms with van der Waals surface area (Å²) in [6, 6.07) is 0. The molecule has 0 saturated heterocycles. The third-order valence-electron chi connectivity index (χ3n) is 3.88. The minimum Gasteiger partial charge on any atom is -0.446 e. The molecule has 1 unspecified atom stereocenters. The lowest BCUT2D eigenvalue weighted by Crippen LogP contribution is -2.39. The Hall–Kier alpha value is -0.620. The van der Waals surface area contributed by atoms with Crippen molar-refractivity contribution in [2.75, 3.05) is 5.94 Å². The molecule has 0 spiro atoms. The van der Waals surface area contributed by atoms with Crippen LogP contribution < -0.4 is 0 Å². The molecular formula is C13H26O5S. The van der Waals surface area contributed by atoms with Crippen LogP contribution in [0.1, 0.15) is 54.4 Å². The lowest BCUT2D eigenvalue weighted by Gasteiger charge is -2.38. The molecule has 0 heterocycles. The molecule has 5 nitrogen and oxygen atoms in total. The van der Waals surface area contributed by atoms with Gasteiger partial charge in [0.15, 0.2) is 0 Å². The van der Waals surface area contributed by atoms with Gasteiger partial charge in [0.05, 0.1) is 5.41 Å². The molecule has 6 heteroatoms. The lowest BCUT2D eigenvalue weighted by molar-refractivity contribution is -0.158. The van der Waals surface area contributed by atoms with Gasteiger partial charge in [-0.25, -0.2) is 0 Å². The number of carbonyl (C=O) groups excluding carboxylic acids is 1. The predicted molar refractivity (Wildman–Crippen MR) is 74.1 cm³/mol. The van der Waals surface area contributed by atoms with Crippen molar-refractivity contribution in [3.63, 3.8) is 0 Å². The first-order valence-electron chi connectivity index (χ1n) is 6.46. The zero-order chi connectivity index (χ0) is 15.5. The van der Waals surface area contributed by atoms with E-state index in [2.05, 4.69) is 13.8 Å². The molecule has 0 amide bonds. The Morgan fingerprint density at radius 1 is 1.26 bits per heavy atom. The van der Waals surface area contributed by atoms with Gasteiger partial charge in [0.1, 0.15) is 0 Å². The highest BCUT2D eigenvalue weighted by Crippen LogP contribution is 2.42. The van der Waals surface area contributed by atoms with Gasteiger partial charge in [-0.2, -0.15) is 8.42 Å². The molecule has 1 atom stereocenters. The molecular weight excluding hydrogens is 268 g/mol. The second-order valence-electron chi connectivity index (χ2n) is 6.40. The van der Waals surface area contributed by atoms with Crippen molar-refractivity contribution in [3.8, 4) is 0 Å². The fourth-order valence-corrected chi connectivity index (χ4v) is 2.18. The maximum atomic E-state index is 12.1. The number of esters is 1. The van der Waals surface area contributed by atoms with Crippen LogP contribution in [0.25, 0.3) is 0 Å². The zero-order valence-electron chi connectivity index (χ0n) is 12.7. The van der Waals surface area contributed by atoms with Crippen LogP contribution >= 0.6 is 0 Å². The fraction of sp³-hybridized carbons (Fsp3) is 0.923. The van der Waals surface area contributed by atoms with Gasteiger partial charge in [-0.3, -0.25) is 9.35 Å². The van der Waals surface area contributed by atoms with Gasteiger partial charge < -0.3 is 4.74 Å². The van der Waals surface area contributed by atoms with Gasteiger partial charge in [-0.05, 0) is 24.7 Å². The molecule has 0 aliphatic carbocycles. The molecule has 19 heavy (non-hydrogen) atoms. The van der Waals surface area contributed by atoms with Crippen LogP contribution in [-0.2, 0) is 19.6 Å². The van der Waals surface area contributed by atoms with Crippen molar-refractivity contribution in [2.24, 2.45) is 16.7 Å². The SMILES string of the molecule is CCC(C)(C)CC(C)(C(=O)OCS(=O)(=O)O)C(C)C. The molecule has 114 valence electrons. The molecule has 0 saturated carbocycles. The van der Waals surface area contributed by atoms with Crippen LogP contribution in [0.4, 0.5) is 0 Å². The Morgan fingerprint density at radius 2 is 1.74 bits per heavy atom. The van der Waals surface area contributed by atoms with Crippen molar-refractivity contribution in [3.05, 3.63) is 0 Å². The van der Waals surface area contributed by atoms with Gasteiger partial charge in [-0.1, -0.05) is 41.0 Å². The number of hydrogen-bond acceptors (Lipinski definition) is 4. The van der Waals surface area contributed by atoms with E-state index in [0.717, 1.165) is 6.42 Å². The molecule has 0 aliphatic rings. The molecule has 0 radical (unpaired) electrons. The maximum Gasteiger partial charge on any atom is 0.313 e. The molecule has 0 aromatic rings. The Morgan fingerprint density at radius 3 is 2.05 bits per heavy atom. The first-order chi connectivity index (χ1) is 8.34. The average molecular weight is 294 g/mol. The molecule has 0 fully saturated rings. The number of hydrogen-bond donors (Lipinski definition) is 1. The number of rotatable bonds is 7. The summed E-state index contributed by atoms with van der Waals surface area (Å²) in [5, 5.41) is 0. The smallest absolute Gasteiger partial charge is 0.313 e. The summed E-state index contributed by atoms with van der Waals surface area (Å²) in [5.41, 5.74) is -0.819. The summed E-state index contributed by atoms with van der Waals surface area (Å²) >= 11 is 0. The van der Waals surface area contributed by atoms with E-state index < -0.39 is 27.4 Å². The summed E-state index contributed by atoms with van der Waals surface area (Å²) in [4.78, 5) is 12.1. The summed E-state index contributed by atoms with van der Waals surface area (Å²) in [6.07, 6.45) is 1.50. The number of carbonyl (C=O) groups is 1. The predicted octanol–water partition coefficient (Wildman–Crippen LogP) is 2.86. The van der Waals surface area contributed by atoms with Crippen molar-refractivity contribution < 1.29 is 22.5 Å². The largest absolute Gasteiger partial charge is 0.446 e. The van der Waals surface area contributed by atoms with E-state index in [9.17, 15) is 13.2 Å². The first kappa shape index (κ1) is 18.4. The Labute approximate surface area is 116 Å². The van der Waals surface area contributed by atoms with E-state index in [1.54, 1.807) is 6.92 Å². The van der Waals surface area contributed by atoms with E-state index in [1.807, 2.05) is 20.8 Å². The topological polar surface area (TPSA) is 80.7 Å². The van der Waals surface area contributed by atoms with Crippen molar-refractivity contribution in [1.82, 2.24) is 0 Å². The van der Waals surface area contributed by atoms with E-state index in [1.165, 1.54) is 0 Å². The van der Waals surface area contributed by atoms with E-state index >= 15 is 0 Å². The molecule has 0 aliphatic heterocycles. The average Bonchev–Trinajstić information content (AvgIpc) is 2.23. The fourth-order valence-electron chi connectivity index (χ4n) is 1.92.